The zero-order valence-electron chi connectivity index (χ0n) is 8.24. The van der Waals surface area contributed by atoms with Gasteiger partial charge in [0.25, 0.3) is 0 Å². The third-order valence-electron chi connectivity index (χ3n) is 1.67. The van der Waals surface area contributed by atoms with Gasteiger partial charge in [0.1, 0.15) is 0 Å². The van der Waals surface area contributed by atoms with E-state index in [-0.39, 0.29) is 11.1 Å². The van der Waals surface area contributed by atoms with E-state index < -0.39 is 0 Å². The minimum atomic E-state index is -0.148. The Kier molecular flexibility index (Phi) is 2.93. The lowest BCUT2D eigenvalue weighted by atomic mass is 9.93. The molecule has 0 aliphatic carbocycles. The van der Waals surface area contributed by atoms with Crippen molar-refractivity contribution >= 4 is 22.9 Å². The average Bonchev–Trinajstić information content (AvgIpc) is 2.54. The second-order valence-electron chi connectivity index (χ2n) is 3.84. The zero-order chi connectivity index (χ0) is 10.8. The largest absolute Gasteiger partial charge is 0.761 e. The van der Waals surface area contributed by atoms with Crippen molar-refractivity contribution in [1.82, 2.24) is 4.98 Å². The maximum Gasteiger partial charge on any atom is 0.162 e. The Morgan fingerprint density at radius 1 is 1.64 bits per heavy atom. The molecule has 0 aliphatic rings. The lowest BCUT2D eigenvalue weighted by molar-refractivity contribution is 0.572. The Morgan fingerprint density at radius 2 is 2.29 bits per heavy atom. The van der Waals surface area contributed by atoms with E-state index in [2.05, 4.69) is 10.2 Å². The number of hydrogen-bond acceptors (Lipinski definition) is 4. The molecule has 0 amide bonds. The topological polar surface area (TPSA) is 64.6 Å². The third kappa shape index (κ3) is 2.13. The first-order valence-electron chi connectivity index (χ1n) is 4.06. The number of nitroso groups, excluding NO2 is 1. The molecule has 14 heavy (non-hydrogen) atoms. The highest BCUT2D eigenvalue weighted by Gasteiger charge is 2.18. The quantitative estimate of drug-likeness (QED) is 0.554. The van der Waals surface area contributed by atoms with E-state index in [0.717, 1.165) is 5.69 Å². The van der Waals surface area contributed by atoms with Crippen molar-refractivity contribution in [3.63, 3.8) is 0 Å². The van der Waals surface area contributed by atoms with E-state index in [9.17, 15) is 4.91 Å². The molecule has 1 heterocycles. The number of thiazole rings is 1. The predicted molar refractivity (Wildman–Crippen MR) is 58.4 cm³/mol. The van der Waals surface area contributed by atoms with Crippen LogP contribution in [0, 0.1) is 4.91 Å². The maximum atomic E-state index is 10.3. The fourth-order valence-electron chi connectivity index (χ4n) is 0.834. The fraction of sp³-hybridized carbons (Fsp3) is 0.444. The number of rotatable bonds is 2. The van der Waals surface area contributed by atoms with Gasteiger partial charge in [0.2, 0.25) is 0 Å². The summed E-state index contributed by atoms with van der Waals surface area (Å²) < 4.78 is 0. The van der Waals surface area contributed by atoms with E-state index in [1.165, 1.54) is 11.3 Å². The molecule has 0 saturated carbocycles. The minimum Gasteiger partial charge on any atom is -0.761 e. The summed E-state index contributed by atoms with van der Waals surface area (Å²) >= 11 is 1.27. The summed E-state index contributed by atoms with van der Waals surface area (Å²) in [6, 6.07) is 0. The summed E-state index contributed by atoms with van der Waals surface area (Å²) in [5, 5.41) is 13.4. The molecule has 0 bridgehead atoms. The Balaban J connectivity index is 3.11. The van der Waals surface area contributed by atoms with Gasteiger partial charge in [-0.25, -0.2) is 10.9 Å². The molecule has 0 aromatic carbocycles. The Morgan fingerprint density at radius 3 is 2.64 bits per heavy atom. The van der Waals surface area contributed by atoms with E-state index in [1.807, 2.05) is 26.2 Å². The van der Waals surface area contributed by atoms with Crippen molar-refractivity contribution in [3.05, 3.63) is 26.4 Å². The van der Waals surface area contributed by atoms with E-state index in [0.29, 0.717) is 5.01 Å². The van der Waals surface area contributed by atoms with Gasteiger partial charge in [-0.2, -0.15) is 0 Å². The van der Waals surface area contributed by atoms with Crippen molar-refractivity contribution in [2.24, 2.45) is 5.18 Å². The molecule has 0 atom stereocenters. The Labute approximate surface area is 86.2 Å². The summed E-state index contributed by atoms with van der Waals surface area (Å²) in [5.74, 6) is 1.72. The van der Waals surface area contributed by atoms with Crippen LogP contribution in [0.3, 0.4) is 0 Å². The van der Waals surface area contributed by atoms with E-state index >= 15 is 0 Å². The van der Waals surface area contributed by atoms with Crippen molar-refractivity contribution < 1.29 is 0 Å². The van der Waals surface area contributed by atoms with Crippen LogP contribution in [0.1, 0.15) is 31.5 Å². The van der Waals surface area contributed by atoms with Crippen molar-refractivity contribution in [2.75, 3.05) is 0 Å². The third-order valence-corrected chi connectivity index (χ3v) is 2.52. The first-order chi connectivity index (χ1) is 6.49. The smallest absolute Gasteiger partial charge is 0.162 e. The molecule has 0 radical (unpaired) electrons. The standard InChI is InChI=1S/C9H10N3OS/c1-9(2,3)7-5-14-8(11-7)6(4-10)12-13/h5H,1-3H3/q-1. The molecule has 1 aromatic rings. The van der Waals surface area contributed by atoms with Crippen LogP contribution >= 0.6 is 11.3 Å². The molecular formula is C9H10N3OS-. The number of hydrogen-bond donors (Lipinski definition) is 0. The van der Waals surface area contributed by atoms with Crippen LogP contribution in [-0.4, -0.2) is 10.9 Å². The van der Waals surface area contributed by atoms with Crippen LogP contribution in [0.4, 0.5) is 0 Å². The molecule has 0 fully saturated rings. The van der Waals surface area contributed by atoms with Crippen molar-refractivity contribution in [2.45, 2.75) is 26.2 Å². The monoisotopic (exact) mass is 208 g/mol. The van der Waals surface area contributed by atoms with E-state index in [1.54, 1.807) is 5.87 Å². The van der Waals surface area contributed by atoms with Crippen LogP contribution in [0.25, 0.3) is 11.1 Å². The minimum absolute atomic E-state index is 0.0712. The molecule has 4 nitrogen and oxygen atoms in total. The fourth-order valence-corrected chi connectivity index (χ4v) is 1.81. The van der Waals surface area contributed by atoms with Crippen LogP contribution in [-0.2, 0) is 5.41 Å². The molecule has 1 rings (SSSR count). The molecule has 0 unspecified atom stereocenters. The van der Waals surface area contributed by atoms with E-state index in [4.69, 9.17) is 5.41 Å². The van der Waals surface area contributed by atoms with Gasteiger partial charge in [0.15, 0.2) is 10.7 Å². The summed E-state index contributed by atoms with van der Waals surface area (Å²) in [4.78, 5) is 14.4. The van der Waals surface area contributed by atoms with Crippen molar-refractivity contribution in [1.29, 1.82) is 0 Å². The van der Waals surface area contributed by atoms with Gasteiger partial charge >= 0.3 is 0 Å². The molecule has 5 heteroatoms. The lowest BCUT2D eigenvalue weighted by Gasteiger charge is -2.13. The van der Waals surface area contributed by atoms with Gasteiger partial charge < -0.3 is 5.41 Å². The molecule has 0 saturated heterocycles. The Hall–Kier alpha value is -1.32. The van der Waals surface area contributed by atoms with Crippen LogP contribution in [0.5, 0.6) is 0 Å². The Bertz CT molecular complexity index is 396. The summed E-state index contributed by atoms with van der Waals surface area (Å²) in [6.07, 6.45) is 0. The SMILES string of the molecule is CC(C)(C)c1csc(C(=C=[N-])N=O)n1. The van der Waals surface area contributed by atoms with Gasteiger partial charge in [0.05, 0.1) is 5.69 Å². The molecule has 0 aliphatic heterocycles. The molecule has 1 aromatic heterocycles. The van der Waals surface area contributed by atoms with Crippen LogP contribution in [0.2, 0.25) is 0 Å². The highest BCUT2D eigenvalue weighted by molar-refractivity contribution is 7.10. The normalized spacial score (nSPS) is 10.8. The van der Waals surface area contributed by atoms with Crippen LogP contribution in [0.15, 0.2) is 10.6 Å². The molecular weight excluding hydrogens is 198 g/mol. The average molecular weight is 208 g/mol. The van der Waals surface area contributed by atoms with Crippen molar-refractivity contribution in [3.8, 4) is 0 Å². The predicted octanol–water partition coefficient (Wildman–Crippen LogP) is 2.79. The van der Waals surface area contributed by atoms with Gasteiger partial charge in [0, 0.05) is 10.8 Å². The second kappa shape index (κ2) is 3.82. The number of aromatic nitrogens is 1. The zero-order valence-corrected chi connectivity index (χ0v) is 9.05. The summed E-state index contributed by atoms with van der Waals surface area (Å²) in [6.45, 7) is 6.06. The summed E-state index contributed by atoms with van der Waals surface area (Å²) in [7, 11) is 0. The lowest BCUT2D eigenvalue weighted by Crippen LogP contribution is -2.11. The van der Waals surface area contributed by atoms with Crippen LogP contribution < -0.4 is 0 Å². The van der Waals surface area contributed by atoms with Gasteiger partial charge in [-0.05, 0) is 5.18 Å². The van der Waals surface area contributed by atoms with Gasteiger partial charge in [-0.15, -0.1) is 16.2 Å². The summed E-state index contributed by atoms with van der Waals surface area (Å²) in [5.41, 5.74) is 0.650. The first kappa shape index (κ1) is 10.8. The number of nitrogens with zero attached hydrogens (tertiary/aromatic N) is 3. The highest BCUT2D eigenvalue weighted by Crippen LogP contribution is 2.26. The highest BCUT2D eigenvalue weighted by atomic mass is 32.1. The second-order valence-corrected chi connectivity index (χ2v) is 4.70. The maximum absolute atomic E-state index is 10.3. The van der Waals surface area contributed by atoms with Gasteiger partial charge in [-0.1, -0.05) is 20.8 Å². The molecule has 0 N–H and O–H groups in total. The van der Waals surface area contributed by atoms with Gasteiger partial charge in [-0.3, -0.25) is 0 Å². The molecule has 0 spiro atoms. The molecule has 74 valence electrons. The first-order valence-corrected chi connectivity index (χ1v) is 4.94.